The predicted molar refractivity (Wildman–Crippen MR) is 146 cm³/mol. The molecule has 0 aliphatic heterocycles. The van der Waals surface area contributed by atoms with E-state index in [9.17, 15) is 0 Å². The number of hydrogen-bond donors (Lipinski definition) is 0. The number of rotatable bonds is 4. The van der Waals surface area contributed by atoms with Crippen LogP contribution in [0.1, 0.15) is 81.0 Å². The highest BCUT2D eigenvalue weighted by molar-refractivity contribution is 6.01. The molecule has 34 heavy (non-hydrogen) atoms. The Kier molecular flexibility index (Phi) is 7.21. The zero-order valence-corrected chi connectivity index (χ0v) is 22.9. The molecule has 0 bridgehead atoms. The van der Waals surface area contributed by atoms with Crippen molar-refractivity contribution in [3.05, 3.63) is 79.4 Å². The second-order valence-electron chi connectivity index (χ2n) is 9.61. The van der Waals surface area contributed by atoms with Crippen LogP contribution in [0.2, 0.25) is 0 Å². The Bertz CT molecular complexity index is 1200. The van der Waals surface area contributed by atoms with Gasteiger partial charge in [0.1, 0.15) is 0 Å². The smallest absolute Gasteiger partial charge is 0.174 e. The lowest BCUT2D eigenvalue weighted by molar-refractivity contribution is 1.10. The van der Waals surface area contributed by atoms with Crippen LogP contribution < -0.4 is 0 Å². The second kappa shape index (κ2) is 9.61. The lowest BCUT2D eigenvalue weighted by atomic mass is 9.93. The van der Waals surface area contributed by atoms with E-state index in [0.29, 0.717) is 5.82 Å². The summed E-state index contributed by atoms with van der Waals surface area (Å²) in [4.78, 5) is 19.4. The summed E-state index contributed by atoms with van der Waals surface area (Å²) >= 11 is 0. The van der Waals surface area contributed by atoms with Gasteiger partial charge < -0.3 is 0 Å². The third-order valence-electron chi connectivity index (χ3n) is 7.83. The van der Waals surface area contributed by atoms with E-state index in [0.717, 1.165) is 28.5 Å². The fourth-order valence-electron chi connectivity index (χ4n) is 4.47. The van der Waals surface area contributed by atoms with Gasteiger partial charge in [0.2, 0.25) is 0 Å². The van der Waals surface area contributed by atoms with Crippen molar-refractivity contribution in [3.8, 4) is 0 Å². The molecule has 1 heterocycles. The van der Waals surface area contributed by atoms with Crippen LogP contribution >= 0.6 is 0 Å². The molecule has 178 valence electrons. The minimum Gasteiger partial charge on any atom is -0.251 e. The molecule has 0 fully saturated rings. The first-order valence-electron chi connectivity index (χ1n) is 11.9. The van der Waals surface area contributed by atoms with Gasteiger partial charge in [-0.2, -0.15) is 0 Å². The number of benzene rings is 2. The molecule has 3 rings (SSSR count). The van der Waals surface area contributed by atoms with Crippen molar-refractivity contribution in [2.24, 2.45) is 9.98 Å². The molecular weight excluding hydrogens is 416 g/mol. The van der Waals surface area contributed by atoms with Gasteiger partial charge in [-0.1, -0.05) is 0 Å². The molecule has 0 atom stereocenters. The standard InChI is InChI=1S/C30H38N4/c1-15-17(3)21(7)28(22(8)18(15)4)32-25(11)27-13-14-31-30(34-27)26(12)33-29-23(9)19(5)16(2)20(6)24(29)10/h13-14H,1-12H3. The highest BCUT2D eigenvalue weighted by Gasteiger charge is 2.15. The van der Waals surface area contributed by atoms with Crippen LogP contribution in [0.25, 0.3) is 0 Å². The van der Waals surface area contributed by atoms with Gasteiger partial charge in [0, 0.05) is 6.20 Å². The SMILES string of the molecule is CC(=Nc1c(C)c(C)c(C)c(C)c1C)c1ccnc(C(C)=Nc2c(C)c(C)c(C)c(C)c2C)n1. The summed E-state index contributed by atoms with van der Waals surface area (Å²) in [6.07, 6.45) is 1.80. The van der Waals surface area contributed by atoms with Gasteiger partial charge in [0.05, 0.1) is 28.5 Å². The van der Waals surface area contributed by atoms with Crippen molar-refractivity contribution in [2.75, 3.05) is 0 Å². The highest BCUT2D eigenvalue weighted by atomic mass is 14.9. The first-order chi connectivity index (χ1) is 15.9. The predicted octanol–water partition coefficient (Wildman–Crippen LogP) is 7.84. The molecule has 2 aromatic carbocycles. The number of hydrogen-bond acceptors (Lipinski definition) is 4. The van der Waals surface area contributed by atoms with Crippen molar-refractivity contribution >= 4 is 22.8 Å². The van der Waals surface area contributed by atoms with E-state index in [1.54, 1.807) is 6.20 Å². The minimum atomic E-state index is 0.631. The van der Waals surface area contributed by atoms with Crippen molar-refractivity contribution < 1.29 is 0 Å². The quantitative estimate of drug-likeness (QED) is 0.377. The van der Waals surface area contributed by atoms with E-state index >= 15 is 0 Å². The Morgan fingerprint density at radius 3 is 1.29 bits per heavy atom. The van der Waals surface area contributed by atoms with Crippen LogP contribution in [0, 0.1) is 69.2 Å². The molecule has 0 radical (unpaired) electrons. The molecule has 0 saturated heterocycles. The van der Waals surface area contributed by atoms with E-state index < -0.39 is 0 Å². The van der Waals surface area contributed by atoms with Gasteiger partial charge in [-0.05, 0) is 145 Å². The zero-order valence-electron chi connectivity index (χ0n) is 22.9. The normalized spacial score (nSPS) is 12.5. The molecule has 0 amide bonds. The van der Waals surface area contributed by atoms with E-state index in [-0.39, 0.29) is 0 Å². The third-order valence-corrected chi connectivity index (χ3v) is 7.83. The fourth-order valence-corrected chi connectivity index (χ4v) is 4.47. The summed E-state index contributed by atoms with van der Waals surface area (Å²) in [6, 6.07) is 1.92. The highest BCUT2D eigenvalue weighted by Crippen LogP contribution is 2.34. The van der Waals surface area contributed by atoms with Gasteiger partial charge >= 0.3 is 0 Å². The first kappa shape index (κ1) is 25.5. The van der Waals surface area contributed by atoms with Gasteiger partial charge in [-0.15, -0.1) is 0 Å². The summed E-state index contributed by atoms with van der Waals surface area (Å²) < 4.78 is 0. The minimum absolute atomic E-state index is 0.631. The van der Waals surface area contributed by atoms with Crippen LogP contribution in [0.4, 0.5) is 11.4 Å². The fraction of sp³-hybridized carbons (Fsp3) is 0.400. The zero-order chi connectivity index (χ0) is 25.5. The molecule has 4 heteroatoms. The van der Waals surface area contributed by atoms with Gasteiger partial charge in [0.25, 0.3) is 0 Å². The summed E-state index contributed by atoms with van der Waals surface area (Å²) in [6.45, 7) is 25.6. The second-order valence-corrected chi connectivity index (χ2v) is 9.61. The van der Waals surface area contributed by atoms with E-state index in [1.165, 1.54) is 55.6 Å². The molecule has 1 aromatic heterocycles. The number of nitrogens with zero attached hydrogens (tertiary/aromatic N) is 4. The molecule has 0 aliphatic carbocycles. The monoisotopic (exact) mass is 454 g/mol. The Labute approximate surface area is 205 Å². The molecule has 0 spiro atoms. The summed E-state index contributed by atoms with van der Waals surface area (Å²) in [7, 11) is 0. The third kappa shape index (κ3) is 4.46. The summed E-state index contributed by atoms with van der Waals surface area (Å²) in [5, 5.41) is 0. The number of aromatic nitrogens is 2. The Morgan fingerprint density at radius 2 is 0.882 bits per heavy atom. The topological polar surface area (TPSA) is 50.5 Å². The molecule has 3 aromatic rings. The van der Waals surface area contributed by atoms with Gasteiger partial charge in [0.15, 0.2) is 5.82 Å². The van der Waals surface area contributed by atoms with Crippen LogP contribution in [0.15, 0.2) is 22.2 Å². The van der Waals surface area contributed by atoms with Crippen molar-refractivity contribution in [3.63, 3.8) is 0 Å². The van der Waals surface area contributed by atoms with Crippen LogP contribution in [0.5, 0.6) is 0 Å². The first-order valence-corrected chi connectivity index (χ1v) is 11.9. The maximum absolute atomic E-state index is 5.02. The summed E-state index contributed by atoms with van der Waals surface area (Å²) in [5.41, 5.74) is 17.3. The molecule has 0 saturated carbocycles. The average molecular weight is 455 g/mol. The molecule has 0 N–H and O–H groups in total. The number of aliphatic imine (C=N–C) groups is 2. The van der Waals surface area contributed by atoms with Crippen LogP contribution in [-0.2, 0) is 0 Å². The lowest BCUT2D eigenvalue weighted by Gasteiger charge is -2.17. The van der Waals surface area contributed by atoms with Crippen LogP contribution in [0.3, 0.4) is 0 Å². The van der Waals surface area contributed by atoms with Gasteiger partial charge in [-0.3, -0.25) is 4.99 Å². The maximum Gasteiger partial charge on any atom is 0.174 e. The van der Waals surface area contributed by atoms with Crippen molar-refractivity contribution in [1.82, 2.24) is 9.97 Å². The van der Waals surface area contributed by atoms with Crippen LogP contribution in [-0.4, -0.2) is 21.4 Å². The van der Waals surface area contributed by atoms with E-state index in [4.69, 9.17) is 15.0 Å². The largest absolute Gasteiger partial charge is 0.251 e. The Morgan fingerprint density at radius 1 is 0.529 bits per heavy atom. The van der Waals surface area contributed by atoms with Crippen molar-refractivity contribution in [2.45, 2.75) is 83.1 Å². The lowest BCUT2D eigenvalue weighted by Crippen LogP contribution is -2.08. The van der Waals surface area contributed by atoms with E-state index in [2.05, 4.69) is 74.2 Å². The molecule has 0 unspecified atom stereocenters. The summed E-state index contributed by atoms with van der Waals surface area (Å²) in [5.74, 6) is 0.631. The molecule has 4 nitrogen and oxygen atoms in total. The average Bonchev–Trinajstić information content (AvgIpc) is 2.84. The maximum atomic E-state index is 5.02. The Hall–Kier alpha value is -3.14. The Balaban J connectivity index is 2.08. The molecular formula is C30H38N4. The van der Waals surface area contributed by atoms with Crippen molar-refractivity contribution in [1.29, 1.82) is 0 Å². The van der Waals surface area contributed by atoms with E-state index in [1.807, 2.05) is 19.9 Å². The molecule has 0 aliphatic rings. The van der Waals surface area contributed by atoms with Gasteiger partial charge in [-0.25, -0.2) is 15.0 Å².